The van der Waals surface area contributed by atoms with Crippen LogP contribution < -0.4 is 20.7 Å². The van der Waals surface area contributed by atoms with E-state index < -0.39 is 17.1 Å². The second-order valence-electron chi connectivity index (χ2n) is 6.71. The standard InChI is InChI=1S/C20H26N4O6/c1-28-14-4-5-17(29-2)16(12-14)24-19(26)15(18(25)22-20(24)27)13-21-6-3-7-23-8-10-30-11-9-23/h4-5,12-13,26H,3,6-11H2,1-2H3,(H,22,25,27). The normalized spacial score (nSPS) is 14.9. The zero-order valence-electron chi connectivity index (χ0n) is 17.1. The van der Waals surface area contributed by atoms with E-state index in [4.69, 9.17) is 14.2 Å². The van der Waals surface area contributed by atoms with Gasteiger partial charge in [0.2, 0.25) is 5.88 Å². The third-order valence-corrected chi connectivity index (χ3v) is 4.83. The Bertz CT molecular complexity index is 1010. The van der Waals surface area contributed by atoms with Crippen molar-refractivity contribution in [2.45, 2.75) is 6.42 Å². The zero-order chi connectivity index (χ0) is 21.5. The van der Waals surface area contributed by atoms with E-state index in [-0.39, 0.29) is 11.3 Å². The Balaban J connectivity index is 1.83. The monoisotopic (exact) mass is 418 g/mol. The van der Waals surface area contributed by atoms with Crippen molar-refractivity contribution in [3.05, 3.63) is 44.6 Å². The molecule has 2 N–H and O–H groups in total. The number of aromatic nitrogens is 2. The molecule has 3 rings (SSSR count). The number of aromatic amines is 1. The summed E-state index contributed by atoms with van der Waals surface area (Å²) in [7, 11) is 2.92. The Morgan fingerprint density at radius 1 is 1.23 bits per heavy atom. The highest BCUT2D eigenvalue weighted by molar-refractivity contribution is 5.82. The van der Waals surface area contributed by atoms with Crippen LogP contribution in [-0.2, 0) is 4.74 Å². The SMILES string of the molecule is COc1ccc(OC)c(-n2c(O)c(C=NCCCN3CCOCC3)c(=O)[nH]c2=O)c1. The summed E-state index contributed by atoms with van der Waals surface area (Å²) < 4.78 is 16.7. The summed E-state index contributed by atoms with van der Waals surface area (Å²) >= 11 is 0. The Kier molecular flexibility index (Phi) is 7.26. The van der Waals surface area contributed by atoms with Gasteiger partial charge < -0.3 is 19.3 Å². The second kappa shape index (κ2) is 10.1. The van der Waals surface area contributed by atoms with E-state index in [1.165, 1.54) is 26.5 Å². The van der Waals surface area contributed by atoms with Crippen LogP contribution in [0.4, 0.5) is 0 Å². The molecule has 0 radical (unpaired) electrons. The van der Waals surface area contributed by atoms with Crippen molar-refractivity contribution in [3.8, 4) is 23.1 Å². The van der Waals surface area contributed by atoms with Gasteiger partial charge in [0.05, 0.1) is 33.1 Å². The first-order chi connectivity index (χ1) is 14.5. The minimum Gasteiger partial charge on any atom is -0.497 e. The quantitative estimate of drug-likeness (QED) is 0.470. The fourth-order valence-corrected chi connectivity index (χ4v) is 3.22. The van der Waals surface area contributed by atoms with E-state index in [1.807, 2.05) is 0 Å². The highest BCUT2D eigenvalue weighted by Gasteiger charge is 2.18. The van der Waals surface area contributed by atoms with Crippen molar-refractivity contribution < 1.29 is 19.3 Å². The van der Waals surface area contributed by atoms with Crippen LogP contribution >= 0.6 is 0 Å². The van der Waals surface area contributed by atoms with E-state index in [1.54, 1.807) is 12.1 Å². The van der Waals surface area contributed by atoms with Crippen molar-refractivity contribution in [2.24, 2.45) is 4.99 Å². The van der Waals surface area contributed by atoms with Crippen molar-refractivity contribution in [1.29, 1.82) is 0 Å². The molecule has 0 bridgehead atoms. The molecule has 10 nitrogen and oxygen atoms in total. The van der Waals surface area contributed by atoms with Crippen molar-refractivity contribution >= 4 is 6.21 Å². The van der Waals surface area contributed by atoms with Crippen LogP contribution in [0.2, 0.25) is 0 Å². The fourth-order valence-electron chi connectivity index (χ4n) is 3.22. The van der Waals surface area contributed by atoms with Gasteiger partial charge in [-0.15, -0.1) is 0 Å². The van der Waals surface area contributed by atoms with Gasteiger partial charge in [-0.1, -0.05) is 0 Å². The van der Waals surface area contributed by atoms with Gasteiger partial charge in [-0.05, 0) is 18.6 Å². The maximum atomic E-state index is 12.4. The third-order valence-electron chi connectivity index (χ3n) is 4.83. The lowest BCUT2D eigenvalue weighted by Gasteiger charge is -2.26. The van der Waals surface area contributed by atoms with Crippen molar-refractivity contribution in [1.82, 2.24) is 14.5 Å². The molecule has 162 valence electrons. The van der Waals surface area contributed by atoms with Crippen LogP contribution in [0.1, 0.15) is 12.0 Å². The number of ether oxygens (including phenoxy) is 3. The second-order valence-corrected chi connectivity index (χ2v) is 6.71. The first-order valence-electron chi connectivity index (χ1n) is 9.65. The van der Waals surface area contributed by atoms with Gasteiger partial charge in [-0.3, -0.25) is 19.7 Å². The first-order valence-corrected chi connectivity index (χ1v) is 9.65. The molecule has 2 heterocycles. The molecule has 1 aromatic heterocycles. The smallest absolute Gasteiger partial charge is 0.335 e. The van der Waals surface area contributed by atoms with E-state index in [2.05, 4.69) is 14.9 Å². The van der Waals surface area contributed by atoms with E-state index >= 15 is 0 Å². The van der Waals surface area contributed by atoms with Crippen LogP contribution in [0.5, 0.6) is 17.4 Å². The first kappa shape index (κ1) is 21.6. The maximum absolute atomic E-state index is 12.4. The lowest BCUT2D eigenvalue weighted by atomic mass is 10.2. The van der Waals surface area contributed by atoms with Gasteiger partial charge in [0.25, 0.3) is 5.56 Å². The predicted octanol–water partition coefficient (Wildman–Crippen LogP) is 0.390. The number of aliphatic imine (C=N–C) groups is 1. The van der Waals surface area contributed by atoms with Gasteiger partial charge in [0.15, 0.2) is 0 Å². The molecule has 1 aliphatic heterocycles. The average molecular weight is 418 g/mol. The third kappa shape index (κ3) is 4.89. The number of hydrogen-bond acceptors (Lipinski definition) is 8. The largest absolute Gasteiger partial charge is 0.497 e. The fraction of sp³-hybridized carbons (Fsp3) is 0.450. The summed E-state index contributed by atoms with van der Waals surface area (Å²) in [6, 6.07) is 4.79. The molecule has 0 unspecified atom stereocenters. The zero-order valence-corrected chi connectivity index (χ0v) is 17.1. The molecule has 0 aliphatic carbocycles. The Morgan fingerprint density at radius 2 is 2.00 bits per heavy atom. The molecule has 30 heavy (non-hydrogen) atoms. The van der Waals surface area contributed by atoms with Gasteiger partial charge in [0, 0.05) is 38.5 Å². The van der Waals surface area contributed by atoms with Crippen molar-refractivity contribution in [2.75, 3.05) is 53.6 Å². The van der Waals surface area contributed by atoms with Crippen molar-refractivity contribution in [3.63, 3.8) is 0 Å². The lowest BCUT2D eigenvalue weighted by molar-refractivity contribution is 0.0377. The summed E-state index contributed by atoms with van der Waals surface area (Å²) in [6.07, 6.45) is 2.09. The summed E-state index contributed by atoms with van der Waals surface area (Å²) in [4.78, 5) is 33.4. The maximum Gasteiger partial charge on any atom is 0.335 e. The topological polar surface area (TPSA) is 118 Å². The molecule has 1 saturated heterocycles. The number of morpholine rings is 1. The van der Waals surface area contributed by atoms with Gasteiger partial charge in [-0.25, -0.2) is 9.36 Å². The number of methoxy groups -OCH3 is 2. The number of rotatable bonds is 8. The molecule has 0 atom stereocenters. The molecule has 0 spiro atoms. The molecule has 0 amide bonds. The molecule has 0 saturated carbocycles. The Hall–Kier alpha value is -3.11. The number of benzene rings is 1. The minimum absolute atomic E-state index is 0.106. The Morgan fingerprint density at radius 3 is 2.70 bits per heavy atom. The van der Waals surface area contributed by atoms with Crippen LogP contribution in [0.3, 0.4) is 0 Å². The molecule has 1 fully saturated rings. The molecule has 1 aromatic carbocycles. The molecule has 1 aliphatic rings. The Labute approximate surface area is 173 Å². The van der Waals surface area contributed by atoms with E-state index in [0.29, 0.717) is 18.0 Å². The predicted molar refractivity (Wildman–Crippen MR) is 112 cm³/mol. The minimum atomic E-state index is -0.798. The average Bonchev–Trinajstić information content (AvgIpc) is 2.76. The summed E-state index contributed by atoms with van der Waals surface area (Å²) in [5.74, 6) is 0.266. The summed E-state index contributed by atoms with van der Waals surface area (Å²) in [5.41, 5.74) is -1.38. The van der Waals surface area contributed by atoms with E-state index in [0.717, 1.165) is 43.8 Å². The molecular formula is C20H26N4O6. The number of nitrogens with zero attached hydrogens (tertiary/aromatic N) is 3. The highest BCUT2D eigenvalue weighted by Crippen LogP contribution is 2.29. The van der Waals surface area contributed by atoms with Crippen LogP contribution in [0.25, 0.3) is 5.69 Å². The molecular weight excluding hydrogens is 392 g/mol. The molecule has 10 heteroatoms. The number of aromatic hydroxyl groups is 1. The highest BCUT2D eigenvalue weighted by atomic mass is 16.5. The van der Waals surface area contributed by atoms with Gasteiger partial charge >= 0.3 is 5.69 Å². The van der Waals surface area contributed by atoms with Crippen LogP contribution in [0.15, 0.2) is 32.8 Å². The van der Waals surface area contributed by atoms with Crippen LogP contribution in [-0.4, -0.2) is 79.4 Å². The number of H-pyrrole nitrogens is 1. The number of hydrogen-bond donors (Lipinski definition) is 2. The summed E-state index contributed by atoms with van der Waals surface area (Å²) in [6.45, 7) is 4.64. The van der Waals surface area contributed by atoms with Gasteiger partial charge in [-0.2, -0.15) is 0 Å². The lowest BCUT2D eigenvalue weighted by Crippen LogP contribution is -2.37. The number of nitrogens with one attached hydrogen (secondary N) is 1. The van der Waals surface area contributed by atoms with Gasteiger partial charge in [0.1, 0.15) is 17.1 Å². The van der Waals surface area contributed by atoms with E-state index in [9.17, 15) is 14.7 Å². The summed E-state index contributed by atoms with van der Waals surface area (Å²) in [5, 5.41) is 10.7. The molecule has 2 aromatic rings. The van der Waals surface area contributed by atoms with Crippen LogP contribution in [0, 0.1) is 0 Å².